The Hall–Kier alpha value is -2.28. The van der Waals surface area contributed by atoms with Crippen LogP contribution in [0.3, 0.4) is 0 Å². The predicted octanol–water partition coefficient (Wildman–Crippen LogP) is 4.03. The second-order valence-corrected chi connectivity index (χ2v) is 11.8. The summed E-state index contributed by atoms with van der Waals surface area (Å²) in [5, 5.41) is 3.22. The minimum atomic E-state index is -0.695. The van der Waals surface area contributed by atoms with Crippen molar-refractivity contribution in [2.24, 2.45) is 5.92 Å². The Kier molecular flexibility index (Phi) is 7.47. The van der Waals surface area contributed by atoms with E-state index >= 15 is 0 Å². The molecule has 1 aromatic rings. The number of unbranched alkanes of at least 4 members (excludes halogenated alkanes) is 1. The Balaban J connectivity index is 1.28. The summed E-state index contributed by atoms with van der Waals surface area (Å²) in [4.78, 5) is 29.5. The smallest absolute Gasteiger partial charge is 0.247 e. The Bertz CT molecular complexity index is 950. The molecule has 1 unspecified atom stereocenters. The number of likely N-dealkylation sites (tertiary alicyclic amines) is 1. The molecule has 1 atom stereocenters. The van der Waals surface area contributed by atoms with Gasteiger partial charge in [0, 0.05) is 24.9 Å². The van der Waals surface area contributed by atoms with Crippen LogP contribution in [0.4, 0.5) is 0 Å². The molecule has 1 saturated carbocycles. The van der Waals surface area contributed by atoms with Crippen molar-refractivity contribution < 1.29 is 23.5 Å². The van der Waals surface area contributed by atoms with E-state index in [9.17, 15) is 9.59 Å². The number of ether oxygens (including phenoxy) is 2. The van der Waals surface area contributed by atoms with Gasteiger partial charge in [0.1, 0.15) is 31.3 Å². The molecule has 3 aliphatic heterocycles. The predicted molar refractivity (Wildman–Crippen MR) is 139 cm³/mol. The van der Waals surface area contributed by atoms with Crippen molar-refractivity contribution in [3.8, 4) is 11.5 Å². The topological polar surface area (TPSA) is 67.9 Å². The summed E-state index contributed by atoms with van der Waals surface area (Å²) in [5.41, 5.74) is 0.525. The highest BCUT2D eigenvalue weighted by atomic mass is 16.6. The zero-order chi connectivity index (χ0) is 25.2. The van der Waals surface area contributed by atoms with Gasteiger partial charge in [-0.2, -0.15) is 0 Å². The first-order chi connectivity index (χ1) is 17.4. The lowest BCUT2D eigenvalue weighted by atomic mass is 9.78. The van der Waals surface area contributed by atoms with Gasteiger partial charge in [-0.05, 0) is 37.0 Å². The van der Waals surface area contributed by atoms with E-state index in [0.29, 0.717) is 38.5 Å². The average Bonchev–Trinajstić information content (AvgIpc) is 2.89. The highest BCUT2D eigenvalue weighted by Gasteiger charge is 2.56. The minimum Gasteiger partial charge on any atom is -0.486 e. The summed E-state index contributed by atoms with van der Waals surface area (Å²) >= 11 is 0. The number of fused-ring (bicyclic) bond motifs is 1. The molecule has 1 spiro atoms. The number of carbonyl (C=O) groups is 2. The number of hydrogen-bond acceptors (Lipinski definition) is 4. The molecule has 7 nitrogen and oxygen atoms in total. The zero-order valence-corrected chi connectivity index (χ0v) is 22.2. The van der Waals surface area contributed by atoms with Crippen molar-refractivity contribution in [2.45, 2.75) is 89.3 Å². The maximum Gasteiger partial charge on any atom is 0.247 e. The molecular weight excluding hydrogens is 454 g/mol. The lowest BCUT2D eigenvalue weighted by Crippen LogP contribution is -2.74. The van der Waals surface area contributed by atoms with E-state index in [1.54, 1.807) is 0 Å². The fraction of sp³-hybridized carbons (Fsp3) is 0.724. The number of hydrogen-bond donors (Lipinski definition) is 1. The number of nitrogens with one attached hydrogen (secondary N) is 1. The molecule has 36 heavy (non-hydrogen) atoms. The van der Waals surface area contributed by atoms with Gasteiger partial charge in [-0.1, -0.05) is 45.4 Å². The third-order valence-electron chi connectivity index (χ3n) is 9.14. The molecule has 1 aromatic carbocycles. The van der Waals surface area contributed by atoms with E-state index in [4.69, 9.17) is 9.47 Å². The third kappa shape index (κ3) is 5.09. The third-order valence-corrected chi connectivity index (χ3v) is 9.14. The molecule has 0 bridgehead atoms. The van der Waals surface area contributed by atoms with Gasteiger partial charge in [0.25, 0.3) is 0 Å². The van der Waals surface area contributed by atoms with Gasteiger partial charge in [-0.25, -0.2) is 0 Å². The number of quaternary nitrogens is 1. The van der Waals surface area contributed by atoms with Gasteiger partial charge in [-0.15, -0.1) is 0 Å². The van der Waals surface area contributed by atoms with Gasteiger partial charge in [0.2, 0.25) is 11.8 Å². The maximum atomic E-state index is 13.8. The summed E-state index contributed by atoms with van der Waals surface area (Å²) in [6.07, 6.45) is 10.4. The van der Waals surface area contributed by atoms with Gasteiger partial charge in [0.05, 0.1) is 20.1 Å². The largest absolute Gasteiger partial charge is 0.486 e. The van der Waals surface area contributed by atoms with Crippen LogP contribution in [0, 0.1) is 5.92 Å². The van der Waals surface area contributed by atoms with Crippen LogP contribution in [-0.4, -0.2) is 72.7 Å². The van der Waals surface area contributed by atoms with E-state index < -0.39 is 5.54 Å². The standard InChI is InChI=1S/C29H43N3O4/c1-3-4-14-31-27(33)24(19-22-8-6-5-7-9-22)30-28(34)29(31)12-15-32(2,16-13-29)21-23-10-11-25-26(20-23)36-18-17-35-25/h10-11,20,22,24H,3-9,12-19,21H2,1-2H3/p+1. The Morgan fingerprint density at radius 2 is 1.78 bits per heavy atom. The maximum absolute atomic E-state index is 13.8. The molecule has 2 saturated heterocycles. The number of piperazine rings is 1. The summed E-state index contributed by atoms with van der Waals surface area (Å²) in [5.74, 6) is 2.45. The van der Waals surface area contributed by atoms with Crippen LogP contribution in [-0.2, 0) is 16.1 Å². The first kappa shape index (κ1) is 25.4. The second kappa shape index (κ2) is 10.6. The zero-order valence-electron chi connectivity index (χ0n) is 22.2. The van der Waals surface area contributed by atoms with Crippen LogP contribution in [0.5, 0.6) is 11.5 Å². The Morgan fingerprint density at radius 3 is 2.50 bits per heavy atom. The number of nitrogens with zero attached hydrogens (tertiary/aromatic N) is 2. The fourth-order valence-electron chi connectivity index (χ4n) is 6.86. The molecule has 198 valence electrons. The molecule has 3 heterocycles. The molecule has 2 amide bonds. The first-order valence-corrected chi connectivity index (χ1v) is 14.3. The SMILES string of the molecule is CCCCN1C(=O)C(CC2CCCCC2)NC(=O)C12CC[N+](C)(Cc1ccc3c(c1)OCCO3)CC2. The highest BCUT2D eigenvalue weighted by Crippen LogP contribution is 2.39. The van der Waals surface area contributed by atoms with E-state index in [1.165, 1.54) is 37.7 Å². The van der Waals surface area contributed by atoms with Crippen LogP contribution in [0.25, 0.3) is 0 Å². The molecule has 0 radical (unpaired) electrons. The van der Waals surface area contributed by atoms with Crippen LogP contribution >= 0.6 is 0 Å². The van der Waals surface area contributed by atoms with Crippen LogP contribution in [0.15, 0.2) is 18.2 Å². The van der Waals surface area contributed by atoms with Gasteiger partial charge < -0.3 is 24.2 Å². The lowest BCUT2D eigenvalue weighted by molar-refractivity contribution is -0.928. The van der Waals surface area contributed by atoms with Gasteiger partial charge in [0.15, 0.2) is 11.5 Å². The Labute approximate surface area is 216 Å². The summed E-state index contributed by atoms with van der Waals surface area (Å²) in [6, 6.07) is 5.89. The van der Waals surface area contributed by atoms with Gasteiger partial charge in [-0.3, -0.25) is 9.59 Å². The Morgan fingerprint density at radius 1 is 1.06 bits per heavy atom. The van der Waals surface area contributed by atoms with E-state index in [0.717, 1.165) is 54.9 Å². The number of benzene rings is 1. The molecule has 5 rings (SSSR count). The van der Waals surface area contributed by atoms with Crippen molar-refractivity contribution >= 4 is 11.8 Å². The summed E-state index contributed by atoms with van der Waals surface area (Å²) < 4.78 is 12.3. The van der Waals surface area contributed by atoms with Crippen LogP contribution in [0.2, 0.25) is 0 Å². The van der Waals surface area contributed by atoms with Crippen molar-refractivity contribution in [2.75, 3.05) is 39.9 Å². The molecule has 0 aromatic heterocycles. The number of amides is 2. The second-order valence-electron chi connectivity index (χ2n) is 11.8. The fourth-order valence-corrected chi connectivity index (χ4v) is 6.86. The average molecular weight is 499 g/mol. The number of piperidine rings is 1. The molecule has 7 heteroatoms. The number of carbonyl (C=O) groups excluding carboxylic acids is 2. The van der Waals surface area contributed by atoms with Crippen LogP contribution < -0.4 is 14.8 Å². The summed E-state index contributed by atoms with van der Waals surface area (Å²) in [6.45, 7) is 6.64. The quantitative estimate of drug-likeness (QED) is 0.577. The van der Waals surface area contributed by atoms with Crippen molar-refractivity contribution in [1.29, 1.82) is 0 Å². The lowest BCUT2D eigenvalue weighted by Gasteiger charge is -2.53. The van der Waals surface area contributed by atoms with Crippen LogP contribution in [0.1, 0.15) is 76.7 Å². The molecule has 3 fully saturated rings. The highest BCUT2D eigenvalue weighted by molar-refractivity contribution is 6.00. The van der Waals surface area contributed by atoms with E-state index in [1.807, 2.05) is 11.0 Å². The van der Waals surface area contributed by atoms with E-state index in [-0.39, 0.29) is 17.9 Å². The molecule has 4 aliphatic rings. The molecule has 1 N–H and O–H groups in total. The van der Waals surface area contributed by atoms with Gasteiger partial charge >= 0.3 is 0 Å². The molecule has 1 aliphatic carbocycles. The van der Waals surface area contributed by atoms with Crippen molar-refractivity contribution in [3.63, 3.8) is 0 Å². The molecular formula is C29H44N3O4+. The van der Waals surface area contributed by atoms with Crippen molar-refractivity contribution in [3.05, 3.63) is 23.8 Å². The normalized spacial score (nSPS) is 30.9. The summed E-state index contributed by atoms with van der Waals surface area (Å²) in [7, 11) is 2.27. The number of rotatable bonds is 7. The first-order valence-electron chi connectivity index (χ1n) is 14.3. The van der Waals surface area contributed by atoms with E-state index in [2.05, 4.69) is 31.4 Å². The monoisotopic (exact) mass is 498 g/mol. The van der Waals surface area contributed by atoms with Crippen molar-refractivity contribution in [1.82, 2.24) is 10.2 Å². The minimum absolute atomic E-state index is 0.0876.